The summed E-state index contributed by atoms with van der Waals surface area (Å²) >= 11 is 5.79. The van der Waals surface area contributed by atoms with Crippen molar-refractivity contribution in [1.82, 2.24) is 15.3 Å². The van der Waals surface area contributed by atoms with Crippen molar-refractivity contribution in [2.45, 2.75) is 6.42 Å². The van der Waals surface area contributed by atoms with Crippen LogP contribution in [-0.2, 0) is 6.42 Å². The van der Waals surface area contributed by atoms with Gasteiger partial charge in [-0.2, -0.15) is 0 Å². The zero-order valence-electron chi connectivity index (χ0n) is 10.1. The summed E-state index contributed by atoms with van der Waals surface area (Å²) in [4.78, 5) is 19.5. The van der Waals surface area contributed by atoms with Crippen LogP contribution in [0.25, 0.3) is 0 Å². The van der Waals surface area contributed by atoms with Gasteiger partial charge in [-0.1, -0.05) is 23.7 Å². The molecule has 5 nitrogen and oxygen atoms in total. The Labute approximate surface area is 115 Å². The van der Waals surface area contributed by atoms with E-state index >= 15 is 0 Å². The van der Waals surface area contributed by atoms with Crippen LogP contribution in [0.5, 0.6) is 0 Å². The maximum Gasteiger partial charge on any atom is 0.271 e. The first-order valence-electron chi connectivity index (χ1n) is 5.75. The Kier molecular flexibility index (Phi) is 4.30. The average molecular weight is 277 g/mol. The summed E-state index contributed by atoms with van der Waals surface area (Å²) in [6.45, 7) is 0.511. The van der Waals surface area contributed by atoms with Crippen molar-refractivity contribution in [3.63, 3.8) is 0 Å². The van der Waals surface area contributed by atoms with Crippen molar-refractivity contribution in [1.29, 1.82) is 0 Å². The van der Waals surface area contributed by atoms with Crippen LogP contribution in [0.15, 0.2) is 36.7 Å². The van der Waals surface area contributed by atoms with Gasteiger partial charge in [-0.05, 0) is 24.1 Å². The summed E-state index contributed by atoms with van der Waals surface area (Å²) in [5.74, 6) is -0.0564. The van der Waals surface area contributed by atoms with E-state index in [1.165, 1.54) is 12.4 Å². The number of nitrogens with zero attached hydrogens (tertiary/aromatic N) is 2. The first-order chi connectivity index (χ1) is 9.15. The van der Waals surface area contributed by atoms with Gasteiger partial charge in [-0.15, -0.1) is 0 Å². The van der Waals surface area contributed by atoms with Gasteiger partial charge in [0.25, 0.3) is 5.91 Å². The van der Waals surface area contributed by atoms with E-state index in [4.69, 9.17) is 17.3 Å². The standard InChI is InChI=1S/C13H13ClN4O/c14-10-3-1-9(2-4-10)5-6-17-13(19)11-7-16-8-12(15)18-11/h1-4,7-8H,5-6H2,(H2,15,18)(H,17,19). The highest BCUT2D eigenvalue weighted by Gasteiger charge is 2.07. The Bertz CT molecular complexity index is 571. The third-order valence-corrected chi connectivity index (χ3v) is 2.75. The highest BCUT2D eigenvalue weighted by atomic mass is 35.5. The fourth-order valence-corrected chi connectivity index (χ4v) is 1.68. The van der Waals surface area contributed by atoms with Crippen molar-refractivity contribution in [2.24, 2.45) is 0 Å². The topological polar surface area (TPSA) is 80.9 Å². The summed E-state index contributed by atoms with van der Waals surface area (Å²) < 4.78 is 0. The lowest BCUT2D eigenvalue weighted by Crippen LogP contribution is -2.26. The first-order valence-corrected chi connectivity index (χ1v) is 6.13. The molecular formula is C13H13ClN4O. The number of halogens is 1. The summed E-state index contributed by atoms with van der Waals surface area (Å²) in [6.07, 6.45) is 3.50. The molecule has 0 atom stereocenters. The van der Waals surface area contributed by atoms with Crippen LogP contribution in [0.3, 0.4) is 0 Å². The minimum absolute atomic E-state index is 0.219. The second kappa shape index (κ2) is 6.15. The summed E-state index contributed by atoms with van der Waals surface area (Å²) in [5.41, 5.74) is 6.78. The number of rotatable bonds is 4. The normalized spacial score (nSPS) is 10.2. The Morgan fingerprint density at radius 2 is 2.00 bits per heavy atom. The number of amides is 1. The SMILES string of the molecule is Nc1cncc(C(=O)NCCc2ccc(Cl)cc2)n1. The molecular weight excluding hydrogens is 264 g/mol. The predicted molar refractivity (Wildman–Crippen MR) is 73.9 cm³/mol. The van der Waals surface area contributed by atoms with Crippen LogP contribution in [0.2, 0.25) is 5.02 Å². The number of anilines is 1. The number of nitrogens with two attached hydrogens (primary N) is 1. The molecule has 0 aliphatic carbocycles. The number of benzene rings is 1. The smallest absolute Gasteiger partial charge is 0.271 e. The zero-order valence-corrected chi connectivity index (χ0v) is 10.9. The van der Waals surface area contributed by atoms with Crippen LogP contribution in [0, 0.1) is 0 Å². The number of hydrogen-bond donors (Lipinski definition) is 2. The van der Waals surface area contributed by atoms with Crippen LogP contribution in [0.1, 0.15) is 16.1 Å². The fourth-order valence-electron chi connectivity index (χ4n) is 1.55. The van der Waals surface area contributed by atoms with Crippen LogP contribution < -0.4 is 11.1 Å². The van der Waals surface area contributed by atoms with Crippen LogP contribution >= 0.6 is 11.6 Å². The van der Waals surface area contributed by atoms with Crippen molar-refractivity contribution < 1.29 is 4.79 Å². The molecule has 0 bridgehead atoms. The van der Waals surface area contributed by atoms with E-state index in [0.29, 0.717) is 11.6 Å². The molecule has 19 heavy (non-hydrogen) atoms. The van der Waals surface area contributed by atoms with E-state index < -0.39 is 0 Å². The lowest BCUT2D eigenvalue weighted by molar-refractivity contribution is 0.0949. The quantitative estimate of drug-likeness (QED) is 0.890. The summed E-state index contributed by atoms with van der Waals surface area (Å²) in [5, 5.41) is 3.46. The number of aromatic nitrogens is 2. The van der Waals surface area contributed by atoms with Gasteiger partial charge in [0.2, 0.25) is 0 Å². The monoisotopic (exact) mass is 276 g/mol. The molecule has 0 aliphatic heterocycles. The Balaban J connectivity index is 1.86. The van der Waals surface area contributed by atoms with Gasteiger partial charge in [0.15, 0.2) is 0 Å². The first kappa shape index (κ1) is 13.3. The molecule has 6 heteroatoms. The molecule has 2 rings (SSSR count). The molecule has 3 N–H and O–H groups in total. The number of hydrogen-bond acceptors (Lipinski definition) is 4. The van der Waals surface area contributed by atoms with E-state index in [1.807, 2.05) is 24.3 Å². The number of nitrogens with one attached hydrogen (secondary N) is 1. The largest absolute Gasteiger partial charge is 0.382 e. The summed E-state index contributed by atoms with van der Waals surface area (Å²) in [7, 11) is 0. The molecule has 0 unspecified atom stereocenters. The molecule has 0 saturated heterocycles. The average Bonchev–Trinajstić information content (AvgIpc) is 2.41. The molecule has 0 spiro atoms. The number of carbonyl (C=O) groups excluding carboxylic acids is 1. The third kappa shape index (κ3) is 3.93. The van der Waals surface area contributed by atoms with E-state index in [0.717, 1.165) is 12.0 Å². The van der Waals surface area contributed by atoms with E-state index in [1.54, 1.807) is 0 Å². The van der Waals surface area contributed by atoms with E-state index in [-0.39, 0.29) is 17.4 Å². The van der Waals surface area contributed by atoms with Gasteiger partial charge in [0.05, 0.1) is 12.4 Å². The Morgan fingerprint density at radius 1 is 1.26 bits per heavy atom. The third-order valence-electron chi connectivity index (χ3n) is 2.50. The minimum atomic E-state index is -0.284. The maximum atomic E-state index is 11.8. The van der Waals surface area contributed by atoms with E-state index in [9.17, 15) is 4.79 Å². The highest BCUT2D eigenvalue weighted by molar-refractivity contribution is 6.30. The fraction of sp³-hybridized carbons (Fsp3) is 0.154. The lowest BCUT2D eigenvalue weighted by atomic mass is 10.1. The van der Waals surface area contributed by atoms with Gasteiger partial charge < -0.3 is 11.1 Å². The molecule has 0 saturated carbocycles. The molecule has 0 fully saturated rings. The van der Waals surface area contributed by atoms with Crippen LogP contribution in [0.4, 0.5) is 5.82 Å². The molecule has 1 aromatic carbocycles. The minimum Gasteiger partial charge on any atom is -0.382 e. The van der Waals surface area contributed by atoms with E-state index in [2.05, 4.69) is 15.3 Å². The molecule has 0 radical (unpaired) electrons. The second-order valence-electron chi connectivity index (χ2n) is 3.96. The molecule has 2 aromatic rings. The Morgan fingerprint density at radius 3 is 2.68 bits per heavy atom. The van der Waals surface area contributed by atoms with Crippen LogP contribution in [-0.4, -0.2) is 22.4 Å². The molecule has 98 valence electrons. The zero-order chi connectivity index (χ0) is 13.7. The molecule has 0 aliphatic rings. The molecule has 1 heterocycles. The van der Waals surface area contributed by atoms with Crippen molar-refractivity contribution >= 4 is 23.3 Å². The van der Waals surface area contributed by atoms with Gasteiger partial charge in [-0.3, -0.25) is 9.78 Å². The Hall–Kier alpha value is -2.14. The van der Waals surface area contributed by atoms with Crippen molar-refractivity contribution in [3.8, 4) is 0 Å². The van der Waals surface area contributed by atoms with Gasteiger partial charge in [0, 0.05) is 11.6 Å². The maximum absolute atomic E-state index is 11.8. The molecule has 1 amide bonds. The number of nitrogen functional groups attached to an aromatic ring is 1. The number of carbonyl (C=O) groups is 1. The predicted octanol–water partition coefficient (Wildman–Crippen LogP) is 1.68. The van der Waals surface area contributed by atoms with Crippen molar-refractivity contribution in [3.05, 3.63) is 52.9 Å². The van der Waals surface area contributed by atoms with Gasteiger partial charge in [-0.25, -0.2) is 4.98 Å². The second-order valence-corrected chi connectivity index (χ2v) is 4.40. The molecule has 1 aromatic heterocycles. The lowest BCUT2D eigenvalue weighted by Gasteiger charge is -2.05. The van der Waals surface area contributed by atoms with Crippen molar-refractivity contribution in [2.75, 3.05) is 12.3 Å². The highest BCUT2D eigenvalue weighted by Crippen LogP contribution is 2.09. The van der Waals surface area contributed by atoms with Gasteiger partial charge >= 0.3 is 0 Å². The summed E-state index contributed by atoms with van der Waals surface area (Å²) in [6, 6.07) is 7.49. The van der Waals surface area contributed by atoms with Gasteiger partial charge in [0.1, 0.15) is 11.5 Å².